The first-order valence-corrected chi connectivity index (χ1v) is 10.4. The molecule has 11 heteroatoms. The molecule has 3 aromatic heterocycles. The van der Waals surface area contributed by atoms with Gasteiger partial charge < -0.3 is 19.6 Å². The maximum atomic E-state index is 12.8. The summed E-state index contributed by atoms with van der Waals surface area (Å²) in [6.45, 7) is 0. The highest BCUT2D eigenvalue weighted by molar-refractivity contribution is 5.81. The van der Waals surface area contributed by atoms with Crippen molar-refractivity contribution in [2.45, 2.75) is 6.18 Å². The molecule has 2 aromatic carbocycles. The lowest BCUT2D eigenvalue weighted by atomic mass is 10.2. The molecule has 2 N–H and O–H groups in total. The van der Waals surface area contributed by atoms with Crippen LogP contribution in [0.2, 0.25) is 0 Å². The SMILES string of the molecule is Cn1c(Nc2ccc(C(F)(F)F)cc2)nc2cc(Oc3ccnc(-c4ncc(C=O)[nH]4)c3)ccc21. The highest BCUT2D eigenvalue weighted by Gasteiger charge is 2.30. The van der Waals surface area contributed by atoms with Crippen LogP contribution in [0.5, 0.6) is 11.5 Å². The molecular weight excluding hydrogens is 461 g/mol. The first-order chi connectivity index (χ1) is 16.8. The molecule has 0 saturated carbocycles. The van der Waals surface area contributed by atoms with Gasteiger partial charge in [-0.15, -0.1) is 0 Å². The highest BCUT2D eigenvalue weighted by atomic mass is 19.4. The smallest absolute Gasteiger partial charge is 0.416 e. The first-order valence-electron chi connectivity index (χ1n) is 10.4. The Morgan fingerprint density at radius 1 is 1.03 bits per heavy atom. The van der Waals surface area contributed by atoms with Crippen LogP contribution < -0.4 is 10.1 Å². The molecule has 35 heavy (non-hydrogen) atoms. The summed E-state index contributed by atoms with van der Waals surface area (Å²) in [5, 5.41) is 3.04. The van der Waals surface area contributed by atoms with E-state index in [1.807, 2.05) is 6.07 Å². The maximum absolute atomic E-state index is 12.8. The lowest BCUT2D eigenvalue weighted by Gasteiger charge is -2.09. The van der Waals surface area contributed by atoms with E-state index in [-0.39, 0.29) is 0 Å². The second kappa shape index (κ2) is 8.60. The van der Waals surface area contributed by atoms with Crippen molar-refractivity contribution >= 4 is 29.0 Å². The van der Waals surface area contributed by atoms with E-state index in [0.29, 0.717) is 52.1 Å². The molecule has 0 saturated heterocycles. The van der Waals surface area contributed by atoms with Gasteiger partial charge in [-0.1, -0.05) is 0 Å². The average molecular weight is 478 g/mol. The zero-order chi connectivity index (χ0) is 24.6. The van der Waals surface area contributed by atoms with Gasteiger partial charge in [-0.25, -0.2) is 9.97 Å². The van der Waals surface area contributed by atoms with E-state index in [1.165, 1.54) is 18.3 Å². The Morgan fingerprint density at radius 3 is 2.51 bits per heavy atom. The molecule has 0 unspecified atom stereocenters. The third-order valence-electron chi connectivity index (χ3n) is 5.25. The van der Waals surface area contributed by atoms with Crippen LogP contribution in [-0.2, 0) is 13.2 Å². The predicted octanol–water partition coefficient (Wildman–Crippen LogP) is 5.73. The molecule has 0 aliphatic heterocycles. The number of carbonyl (C=O) groups excluding carboxylic acids is 1. The van der Waals surface area contributed by atoms with Crippen molar-refractivity contribution in [1.82, 2.24) is 24.5 Å². The molecule has 0 radical (unpaired) electrons. The van der Waals surface area contributed by atoms with Gasteiger partial charge in [0.1, 0.15) is 17.2 Å². The number of pyridine rings is 1. The summed E-state index contributed by atoms with van der Waals surface area (Å²) >= 11 is 0. The number of nitrogens with one attached hydrogen (secondary N) is 2. The van der Waals surface area contributed by atoms with Crippen LogP contribution in [0.4, 0.5) is 24.8 Å². The maximum Gasteiger partial charge on any atom is 0.416 e. The van der Waals surface area contributed by atoms with Gasteiger partial charge in [-0.3, -0.25) is 9.78 Å². The number of ether oxygens (including phenoxy) is 1. The number of nitrogens with zero attached hydrogens (tertiary/aromatic N) is 4. The Hall–Kier alpha value is -4.67. The molecular formula is C24H17F3N6O2. The number of fused-ring (bicyclic) bond motifs is 1. The lowest BCUT2D eigenvalue weighted by Crippen LogP contribution is -2.05. The minimum absolute atomic E-state index is 0.342. The van der Waals surface area contributed by atoms with Crippen molar-refractivity contribution in [1.29, 1.82) is 0 Å². The van der Waals surface area contributed by atoms with Crippen LogP contribution >= 0.6 is 0 Å². The molecule has 0 spiro atoms. The van der Waals surface area contributed by atoms with Crippen LogP contribution in [-0.4, -0.2) is 30.8 Å². The van der Waals surface area contributed by atoms with Crippen LogP contribution in [0.1, 0.15) is 16.1 Å². The van der Waals surface area contributed by atoms with E-state index in [4.69, 9.17) is 4.74 Å². The molecule has 0 aliphatic carbocycles. The number of aryl methyl sites for hydroxylation is 1. The topological polar surface area (TPSA) is 97.7 Å². The summed E-state index contributed by atoms with van der Waals surface area (Å²) in [5.74, 6) is 1.95. The molecule has 0 fully saturated rings. The minimum Gasteiger partial charge on any atom is -0.457 e. The number of hydrogen-bond acceptors (Lipinski definition) is 6. The van der Waals surface area contributed by atoms with E-state index in [9.17, 15) is 18.0 Å². The Labute approximate surface area is 196 Å². The third-order valence-corrected chi connectivity index (χ3v) is 5.25. The Morgan fingerprint density at radius 2 is 1.80 bits per heavy atom. The number of benzene rings is 2. The lowest BCUT2D eigenvalue weighted by molar-refractivity contribution is -0.137. The Kier molecular flexibility index (Phi) is 5.44. The summed E-state index contributed by atoms with van der Waals surface area (Å²) in [6, 6.07) is 13.5. The number of hydrogen-bond donors (Lipinski definition) is 2. The summed E-state index contributed by atoms with van der Waals surface area (Å²) < 4.78 is 46.2. The third kappa shape index (κ3) is 4.56. The fourth-order valence-corrected chi connectivity index (χ4v) is 3.49. The number of aldehydes is 1. The van der Waals surface area contributed by atoms with Crippen molar-refractivity contribution in [3.05, 3.63) is 78.2 Å². The summed E-state index contributed by atoms with van der Waals surface area (Å²) in [7, 11) is 1.80. The van der Waals surface area contributed by atoms with Gasteiger partial charge in [-0.05, 0) is 42.5 Å². The van der Waals surface area contributed by atoms with E-state index in [1.54, 1.807) is 42.1 Å². The first kappa shape index (κ1) is 22.1. The number of carbonyl (C=O) groups is 1. The predicted molar refractivity (Wildman–Crippen MR) is 123 cm³/mol. The number of aromatic amines is 1. The Balaban J connectivity index is 1.37. The van der Waals surface area contributed by atoms with Crippen molar-refractivity contribution in [2.24, 2.45) is 7.05 Å². The van der Waals surface area contributed by atoms with E-state index >= 15 is 0 Å². The van der Waals surface area contributed by atoms with Gasteiger partial charge in [0.15, 0.2) is 12.1 Å². The summed E-state index contributed by atoms with van der Waals surface area (Å²) in [4.78, 5) is 26.7. The number of aromatic nitrogens is 5. The van der Waals surface area contributed by atoms with Gasteiger partial charge >= 0.3 is 6.18 Å². The molecule has 0 aliphatic rings. The zero-order valence-electron chi connectivity index (χ0n) is 18.2. The molecule has 8 nitrogen and oxygen atoms in total. The standard InChI is InChI=1S/C24H17F3N6O2/c1-33-21-7-6-17(35-18-8-9-28-20(11-18)22-29-12-16(13-34)30-22)10-19(21)32-23(33)31-15-4-2-14(3-5-15)24(25,26)27/h2-13H,1H3,(H,29,30)(H,31,32). The highest BCUT2D eigenvalue weighted by Crippen LogP contribution is 2.32. The molecule has 0 amide bonds. The number of rotatable bonds is 6. The fourth-order valence-electron chi connectivity index (χ4n) is 3.49. The molecule has 176 valence electrons. The number of anilines is 2. The molecule has 0 bridgehead atoms. The zero-order valence-corrected chi connectivity index (χ0v) is 18.2. The van der Waals surface area contributed by atoms with Crippen LogP contribution in [0.15, 0.2) is 67.0 Å². The van der Waals surface area contributed by atoms with E-state index in [2.05, 4.69) is 25.3 Å². The Bertz CT molecular complexity index is 1520. The molecule has 5 aromatic rings. The van der Waals surface area contributed by atoms with Crippen LogP contribution in [0.3, 0.4) is 0 Å². The van der Waals surface area contributed by atoms with Gasteiger partial charge in [0.2, 0.25) is 5.95 Å². The van der Waals surface area contributed by atoms with Gasteiger partial charge in [0.05, 0.1) is 28.5 Å². The second-order valence-corrected chi connectivity index (χ2v) is 7.63. The number of H-pyrrole nitrogens is 1. The summed E-state index contributed by atoms with van der Waals surface area (Å²) in [5.41, 5.74) is 2.06. The van der Waals surface area contributed by atoms with E-state index < -0.39 is 11.7 Å². The molecule has 5 rings (SSSR count). The normalized spacial score (nSPS) is 11.5. The van der Waals surface area contributed by atoms with Gasteiger partial charge in [0, 0.05) is 31.1 Å². The molecule has 3 heterocycles. The largest absolute Gasteiger partial charge is 0.457 e. The van der Waals surface area contributed by atoms with Crippen molar-refractivity contribution in [2.75, 3.05) is 5.32 Å². The minimum atomic E-state index is -4.39. The average Bonchev–Trinajstić information content (AvgIpc) is 3.44. The quantitative estimate of drug-likeness (QED) is 0.303. The molecule has 0 atom stereocenters. The van der Waals surface area contributed by atoms with Crippen molar-refractivity contribution in [3.8, 4) is 23.0 Å². The van der Waals surface area contributed by atoms with E-state index in [0.717, 1.165) is 17.6 Å². The number of alkyl halides is 3. The van der Waals surface area contributed by atoms with Crippen molar-refractivity contribution < 1.29 is 22.7 Å². The van der Waals surface area contributed by atoms with Gasteiger partial charge in [-0.2, -0.15) is 13.2 Å². The number of halogens is 3. The number of imidazole rings is 2. The van der Waals surface area contributed by atoms with Crippen molar-refractivity contribution in [3.63, 3.8) is 0 Å². The van der Waals surface area contributed by atoms with Crippen LogP contribution in [0, 0.1) is 0 Å². The summed E-state index contributed by atoms with van der Waals surface area (Å²) in [6.07, 6.45) is -0.736. The van der Waals surface area contributed by atoms with Crippen LogP contribution in [0.25, 0.3) is 22.6 Å². The monoisotopic (exact) mass is 478 g/mol. The fraction of sp³-hybridized carbons (Fsp3) is 0.0833. The van der Waals surface area contributed by atoms with Gasteiger partial charge in [0.25, 0.3) is 0 Å². The second-order valence-electron chi connectivity index (χ2n) is 7.63.